The van der Waals surface area contributed by atoms with E-state index >= 15 is 0 Å². The zero-order chi connectivity index (χ0) is 21.2. The molecule has 7 nitrogen and oxygen atoms in total. The number of nitrogens with zero attached hydrogens (tertiary/aromatic N) is 3. The van der Waals surface area contributed by atoms with Crippen LogP contribution in [0.2, 0.25) is 0 Å². The summed E-state index contributed by atoms with van der Waals surface area (Å²) in [6.07, 6.45) is -2.50. The molecule has 2 aromatic rings. The van der Waals surface area contributed by atoms with E-state index in [1.165, 1.54) is 23.9 Å². The number of pyridine rings is 1. The van der Waals surface area contributed by atoms with Crippen molar-refractivity contribution < 1.29 is 27.9 Å². The Bertz CT molecular complexity index is 860. The second-order valence-electron chi connectivity index (χ2n) is 6.80. The van der Waals surface area contributed by atoms with E-state index in [1.807, 2.05) is 0 Å². The van der Waals surface area contributed by atoms with Gasteiger partial charge in [0, 0.05) is 12.2 Å². The van der Waals surface area contributed by atoms with Gasteiger partial charge in [0.05, 0.1) is 28.9 Å². The highest BCUT2D eigenvalue weighted by Crippen LogP contribution is 2.29. The lowest BCUT2D eigenvalue weighted by Gasteiger charge is -2.18. The van der Waals surface area contributed by atoms with Crippen molar-refractivity contribution in [2.75, 3.05) is 0 Å². The topological polar surface area (TPSA) is 97.1 Å². The average molecular weight is 398 g/mol. The predicted molar refractivity (Wildman–Crippen MR) is 94.2 cm³/mol. The van der Waals surface area contributed by atoms with Gasteiger partial charge in [-0.2, -0.15) is 18.3 Å². The molecule has 0 aliphatic carbocycles. The average Bonchev–Trinajstić information content (AvgIpc) is 3.05. The van der Waals surface area contributed by atoms with Gasteiger partial charge in [-0.15, -0.1) is 0 Å². The fourth-order valence-corrected chi connectivity index (χ4v) is 2.57. The number of halogens is 3. The number of amides is 1. The molecule has 152 valence electrons. The fourth-order valence-electron chi connectivity index (χ4n) is 2.57. The summed E-state index contributed by atoms with van der Waals surface area (Å²) in [6.45, 7) is 6.66. The predicted octanol–water partition coefficient (Wildman–Crippen LogP) is 3.25. The molecule has 0 radical (unpaired) electrons. The smallest absolute Gasteiger partial charge is 0.417 e. The minimum absolute atomic E-state index is 0.141. The number of hydrogen-bond acceptors (Lipinski definition) is 4. The van der Waals surface area contributed by atoms with Gasteiger partial charge < -0.3 is 10.4 Å². The molecule has 0 spiro atoms. The van der Waals surface area contributed by atoms with E-state index < -0.39 is 35.6 Å². The minimum Gasteiger partial charge on any atom is -0.481 e. The van der Waals surface area contributed by atoms with Crippen LogP contribution in [0.25, 0.3) is 5.82 Å². The van der Waals surface area contributed by atoms with Gasteiger partial charge in [-0.3, -0.25) is 9.59 Å². The van der Waals surface area contributed by atoms with Crippen LogP contribution in [0.4, 0.5) is 13.2 Å². The van der Waals surface area contributed by atoms with Crippen molar-refractivity contribution >= 4 is 11.9 Å². The highest BCUT2D eigenvalue weighted by Gasteiger charge is 2.31. The molecule has 2 atom stereocenters. The molecule has 0 saturated heterocycles. The Morgan fingerprint density at radius 1 is 1.14 bits per heavy atom. The summed E-state index contributed by atoms with van der Waals surface area (Å²) in [5.41, 5.74) is -0.218. The van der Waals surface area contributed by atoms with Gasteiger partial charge in [-0.05, 0) is 31.9 Å². The zero-order valence-corrected chi connectivity index (χ0v) is 15.8. The molecule has 2 rings (SSSR count). The van der Waals surface area contributed by atoms with Crippen molar-refractivity contribution in [3.8, 4) is 5.82 Å². The number of aromatic nitrogens is 3. The van der Waals surface area contributed by atoms with E-state index in [1.54, 1.807) is 20.8 Å². The quantitative estimate of drug-likeness (QED) is 0.779. The zero-order valence-electron chi connectivity index (χ0n) is 15.8. The molecule has 2 N–H and O–H groups in total. The number of aliphatic carboxylic acids is 1. The van der Waals surface area contributed by atoms with Crippen molar-refractivity contribution in [1.82, 2.24) is 20.1 Å². The van der Waals surface area contributed by atoms with Gasteiger partial charge in [-0.25, -0.2) is 9.67 Å². The first-order valence-electron chi connectivity index (χ1n) is 8.58. The van der Waals surface area contributed by atoms with E-state index in [2.05, 4.69) is 15.4 Å². The maximum absolute atomic E-state index is 12.7. The van der Waals surface area contributed by atoms with Crippen molar-refractivity contribution in [1.29, 1.82) is 0 Å². The van der Waals surface area contributed by atoms with Gasteiger partial charge in [0.2, 0.25) is 0 Å². The first kappa shape index (κ1) is 21.4. The summed E-state index contributed by atoms with van der Waals surface area (Å²) < 4.78 is 39.5. The third-order valence-corrected chi connectivity index (χ3v) is 4.39. The molecule has 0 aliphatic rings. The molecule has 2 unspecified atom stereocenters. The number of carboxylic acid groups (broad SMARTS) is 1. The van der Waals surface area contributed by atoms with Gasteiger partial charge in [-0.1, -0.05) is 13.8 Å². The van der Waals surface area contributed by atoms with Crippen molar-refractivity contribution in [2.45, 2.75) is 45.8 Å². The second kappa shape index (κ2) is 7.99. The van der Waals surface area contributed by atoms with Crippen LogP contribution in [-0.4, -0.2) is 37.8 Å². The monoisotopic (exact) mass is 398 g/mol. The Kier molecular flexibility index (Phi) is 6.10. The lowest BCUT2D eigenvalue weighted by Crippen LogP contribution is -2.40. The third kappa shape index (κ3) is 4.49. The molecule has 2 aromatic heterocycles. The highest BCUT2D eigenvalue weighted by molar-refractivity contribution is 5.95. The van der Waals surface area contributed by atoms with Crippen molar-refractivity contribution in [2.24, 2.45) is 5.92 Å². The number of alkyl halides is 3. The summed E-state index contributed by atoms with van der Waals surface area (Å²) in [5.74, 6) is -2.40. The molecule has 1 amide bonds. The summed E-state index contributed by atoms with van der Waals surface area (Å²) in [5, 5.41) is 15.8. The first-order valence-corrected chi connectivity index (χ1v) is 8.58. The molecule has 0 saturated carbocycles. The van der Waals surface area contributed by atoms with E-state index in [4.69, 9.17) is 5.11 Å². The maximum atomic E-state index is 12.7. The summed E-state index contributed by atoms with van der Waals surface area (Å²) in [7, 11) is 0. The second-order valence-corrected chi connectivity index (χ2v) is 6.80. The molecule has 0 aromatic carbocycles. The number of hydrogen-bond donors (Lipinski definition) is 2. The first-order chi connectivity index (χ1) is 12.9. The number of carbonyl (C=O) groups is 2. The Hall–Kier alpha value is -2.91. The van der Waals surface area contributed by atoms with Crippen LogP contribution in [0.5, 0.6) is 0 Å². The van der Waals surface area contributed by atoms with Crippen LogP contribution < -0.4 is 5.32 Å². The highest BCUT2D eigenvalue weighted by atomic mass is 19.4. The molecule has 0 aliphatic heterocycles. The molecule has 10 heteroatoms. The SMILES string of the molecule is CC(C)c1c(C(=O)NC(C)C(C)C(=O)O)cnn1-c1ccc(C(F)(F)F)cn1. The number of carbonyl (C=O) groups excluding carboxylic acids is 1. The van der Waals surface area contributed by atoms with E-state index in [9.17, 15) is 22.8 Å². The standard InChI is InChI=1S/C18H21F3N4O3/c1-9(2)15-13(16(26)24-11(4)10(3)17(27)28)8-23-25(15)14-6-5-12(7-22-14)18(19,20)21/h5-11H,1-4H3,(H,24,26)(H,27,28). The molecule has 0 bridgehead atoms. The van der Waals surface area contributed by atoms with Crippen LogP contribution in [0, 0.1) is 5.92 Å². The lowest BCUT2D eigenvalue weighted by molar-refractivity contribution is -0.142. The Labute approximate surface area is 159 Å². The Morgan fingerprint density at radius 2 is 1.79 bits per heavy atom. The van der Waals surface area contributed by atoms with Gasteiger partial charge in [0.1, 0.15) is 0 Å². The molecule has 28 heavy (non-hydrogen) atoms. The fraction of sp³-hybridized carbons (Fsp3) is 0.444. The Morgan fingerprint density at radius 3 is 2.25 bits per heavy atom. The molecular weight excluding hydrogens is 377 g/mol. The Balaban J connectivity index is 2.36. The van der Waals surface area contributed by atoms with Crippen LogP contribution in [0.1, 0.15) is 55.2 Å². The molecule has 2 heterocycles. The maximum Gasteiger partial charge on any atom is 0.417 e. The number of nitrogens with one attached hydrogen (secondary N) is 1. The molecule has 0 fully saturated rings. The lowest BCUT2D eigenvalue weighted by atomic mass is 10.0. The van der Waals surface area contributed by atoms with Gasteiger partial charge >= 0.3 is 12.1 Å². The van der Waals surface area contributed by atoms with Crippen molar-refractivity contribution in [3.63, 3.8) is 0 Å². The van der Waals surface area contributed by atoms with Crippen molar-refractivity contribution in [3.05, 3.63) is 41.3 Å². The normalized spacial score (nSPS) is 14.0. The number of rotatable bonds is 6. The van der Waals surface area contributed by atoms with Gasteiger partial charge in [0.15, 0.2) is 5.82 Å². The summed E-state index contributed by atoms with van der Waals surface area (Å²) in [6, 6.07) is 1.45. The van der Waals surface area contributed by atoms with Crippen LogP contribution in [0.15, 0.2) is 24.5 Å². The van der Waals surface area contributed by atoms with Crippen LogP contribution in [0.3, 0.4) is 0 Å². The van der Waals surface area contributed by atoms with E-state index in [0.29, 0.717) is 11.9 Å². The van der Waals surface area contributed by atoms with Gasteiger partial charge in [0.25, 0.3) is 5.91 Å². The summed E-state index contributed by atoms with van der Waals surface area (Å²) in [4.78, 5) is 27.5. The van der Waals surface area contributed by atoms with Crippen LogP contribution in [-0.2, 0) is 11.0 Å². The minimum atomic E-state index is -4.50. The number of carboxylic acids is 1. The van der Waals surface area contributed by atoms with Crippen LogP contribution >= 0.6 is 0 Å². The van der Waals surface area contributed by atoms with E-state index in [0.717, 1.165) is 6.07 Å². The largest absolute Gasteiger partial charge is 0.481 e. The summed E-state index contributed by atoms with van der Waals surface area (Å²) >= 11 is 0. The van der Waals surface area contributed by atoms with E-state index in [-0.39, 0.29) is 17.3 Å². The third-order valence-electron chi connectivity index (χ3n) is 4.39. The molecular formula is C18H21F3N4O3.